The van der Waals surface area contributed by atoms with Crippen molar-refractivity contribution in [2.45, 2.75) is 39.3 Å². The summed E-state index contributed by atoms with van der Waals surface area (Å²) in [7, 11) is 2.21. The van der Waals surface area contributed by atoms with E-state index in [9.17, 15) is 0 Å². The number of rotatable bonds is 3. The molecule has 1 rings (SSSR count). The summed E-state index contributed by atoms with van der Waals surface area (Å²) in [5.74, 6) is 0.577. The molecule has 1 atom stereocenters. The number of hydrogen-bond donors (Lipinski definition) is 1. The van der Waals surface area contributed by atoms with Crippen LogP contribution in [0.25, 0.3) is 0 Å². The fourth-order valence-electron chi connectivity index (χ4n) is 2.01. The Kier molecular flexibility index (Phi) is 4.15. The van der Waals surface area contributed by atoms with Gasteiger partial charge in [0.1, 0.15) is 0 Å². The molecule has 1 unspecified atom stereocenters. The van der Waals surface area contributed by atoms with E-state index in [0.29, 0.717) is 12.0 Å². The third-order valence-corrected chi connectivity index (χ3v) is 3.72. The monoisotopic (exact) mass is 213 g/mol. The molecule has 0 radical (unpaired) electrons. The smallest absolute Gasteiger partial charge is 0.0277 e. The molecule has 3 heteroatoms. The van der Waals surface area contributed by atoms with Crippen LogP contribution in [0.1, 0.15) is 27.7 Å². The molecule has 0 saturated carbocycles. The first kappa shape index (κ1) is 12.9. The maximum Gasteiger partial charge on any atom is 0.0277 e. The van der Waals surface area contributed by atoms with E-state index in [1.807, 2.05) is 0 Å². The molecule has 90 valence electrons. The van der Waals surface area contributed by atoms with Gasteiger partial charge in [0.15, 0.2) is 0 Å². The molecule has 15 heavy (non-hydrogen) atoms. The molecular formula is C12H27N3. The molecule has 0 amide bonds. The lowest BCUT2D eigenvalue weighted by molar-refractivity contribution is 0.0350. The fraction of sp³-hybridized carbons (Fsp3) is 1.00. The average Bonchev–Trinajstić information content (AvgIpc) is 2.10. The van der Waals surface area contributed by atoms with Gasteiger partial charge in [-0.15, -0.1) is 0 Å². The Hall–Kier alpha value is -0.120. The van der Waals surface area contributed by atoms with Crippen LogP contribution in [0.5, 0.6) is 0 Å². The second-order valence-electron chi connectivity index (χ2n) is 5.88. The van der Waals surface area contributed by atoms with Crippen LogP contribution in [0.4, 0.5) is 0 Å². The van der Waals surface area contributed by atoms with Gasteiger partial charge in [-0.3, -0.25) is 9.80 Å². The lowest BCUT2D eigenvalue weighted by Crippen LogP contribution is -2.59. The zero-order chi connectivity index (χ0) is 11.6. The van der Waals surface area contributed by atoms with Crippen molar-refractivity contribution in [1.29, 1.82) is 0 Å². The quantitative estimate of drug-likeness (QED) is 0.759. The van der Waals surface area contributed by atoms with Gasteiger partial charge in [0, 0.05) is 37.8 Å². The van der Waals surface area contributed by atoms with E-state index in [1.54, 1.807) is 0 Å². The van der Waals surface area contributed by atoms with Gasteiger partial charge >= 0.3 is 0 Å². The minimum atomic E-state index is 0.287. The highest BCUT2D eigenvalue weighted by atomic mass is 15.3. The molecule has 1 aliphatic heterocycles. The van der Waals surface area contributed by atoms with Crippen molar-refractivity contribution in [1.82, 2.24) is 9.80 Å². The minimum absolute atomic E-state index is 0.287. The molecule has 0 bridgehead atoms. The Balaban J connectivity index is 2.46. The van der Waals surface area contributed by atoms with Crippen LogP contribution in [0.15, 0.2) is 0 Å². The molecule has 0 spiro atoms. The zero-order valence-electron chi connectivity index (χ0n) is 11.0. The Morgan fingerprint density at radius 3 is 2.33 bits per heavy atom. The first-order chi connectivity index (χ1) is 6.83. The molecule has 0 aromatic carbocycles. The zero-order valence-corrected chi connectivity index (χ0v) is 11.0. The average molecular weight is 213 g/mol. The maximum absolute atomic E-state index is 6.12. The van der Waals surface area contributed by atoms with Crippen LogP contribution in [-0.4, -0.2) is 54.6 Å². The number of likely N-dealkylation sites (N-methyl/N-ethyl adjacent to an activating group) is 1. The van der Waals surface area contributed by atoms with Crippen LogP contribution in [0.3, 0.4) is 0 Å². The highest BCUT2D eigenvalue weighted by Crippen LogP contribution is 2.19. The number of hydrogen-bond acceptors (Lipinski definition) is 3. The van der Waals surface area contributed by atoms with E-state index in [0.717, 1.165) is 26.2 Å². The molecular weight excluding hydrogens is 186 g/mol. The summed E-state index contributed by atoms with van der Waals surface area (Å²) in [6, 6.07) is 0.309. The molecule has 1 fully saturated rings. The van der Waals surface area contributed by atoms with Gasteiger partial charge in [0.25, 0.3) is 0 Å². The predicted molar refractivity (Wildman–Crippen MR) is 66.0 cm³/mol. The van der Waals surface area contributed by atoms with E-state index < -0.39 is 0 Å². The summed E-state index contributed by atoms with van der Waals surface area (Å²) >= 11 is 0. The van der Waals surface area contributed by atoms with Gasteiger partial charge in [-0.2, -0.15) is 0 Å². The highest BCUT2D eigenvalue weighted by molar-refractivity contribution is 4.89. The second-order valence-corrected chi connectivity index (χ2v) is 5.88. The van der Waals surface area contributed by atoms with Gasteiger partial charge < -0.3 is 5.73 Å². The SMILES string of the molecule is CC(C)C(N)CN1CCN(C)C(C)(C)C1. The summed E-state index contributed by atoms with van der Waals surface area (Å²) in [6.45, 7) is 13.5. The van der Waals surface area contributed by atoms with Crippen LogP contribution < -0.4 is 5.73 Å². The Morgan fingerprint density at radius 1 is 1.27 bits per heavy atom. The second kappa shape index (κ2) is 4.81. The normalized spacial score (nSPS) is 25.8. The number of nitrogens with zero attached hydrogens (tertiary/aromatic N) is 2. The molecule has 2 N–H and O–H groups in total. The first-order valence-electron chi connectivity index (χ1n) is 6.02. The first-order valence-corrected chi connectivity index (χ1v) is 6.02. The van der Waals surface area contributed by atoms with Gasteiger partial charge in [0.2, 0.25) is 0 Å². The highest BCUT2D eigenvalue weighted by Gasteiger charge is 2.31. The van der Waals surface area contributed by atoms with Gasteiger partial charge in [-0.25, -0.2) is 0 Å². The van der Waals surface area contributed by atoms with E-state index >= 15 is 0 Å². The van der Waals surface area contributed by atoms with Crippen LogP contribution in [-0.2, 0) is 0 Å². The van der Waals surface area contributed by atoms with Crippen molar-refractivity contribution in [3.63, 3.8) is 0 Å². The lowest BCUT2D eigenvalue weighted by Gasteiger charge is -2.46. The summed E-state index contributed by atoms with van der Waals surface area (Å²) in [5, 5.41) is 0. The molecule has 0 aromatic heterocycles. The third-order valence-electron chi connectivity index (χ3n) is 3.72. The van der Waals surface area contributed by atoms with Crippen molar-refractivity contribution >= 4 is 0 Å². The lowest BCUT2D eigenvalue weighted by atomic mass is 9.98. The van der Waals surface area contributed by atoms with Crippen molar-refractivity contribution in [3.05, 3.63) is 0 Å². The predicted octanol–water partition coefficient (Wildman–Crippen LogP) is 0.996. The van der Waals surface area contributed by atoms with Crippen LogP contribution in [0.2, 0.25) is 0 Å². The van der Waals surface area contributed by atoms with Crippen molar-refractivity contribution in [3.8, 4) is 0 Å². The van der Waals surface area contributed by atoms with Crippen molar-refractivity contribution in [2.24, 2.45) is 11.7 Å². The summed E-state index contributed by atoms with van der Waals surface area (Å²) in [6.07, 6.45) is 0. The van der Waals surface area contributed by atoms with Crippen molar-refractivity contribution in [2.75, 3.05) is 33.2 Å². The maximum atomic E-state index is 6.12. The molecule has 0 aliphatic carbocycles. The van der Waals surface area contributed by atoms with Crippen LogP contribution in [0, 0.1) is 5.92 Å². The largest absolute Gasteiger partial charge is 0.326 e. The van der Waals surface area contributed by atoms with Gasteiger partial charge in [0.05, 0.1) is 0 Å². The van der Waals surface area contributed by atoms with E-state index in [2.05, 4.69) is 44.5 Å². The number of piperazine rings is 1. The standard InChI is InChI=1S/C12H27N3/c1-10(2)11(13)8-15-7-6-14(5)12(3,4)9-15/h10-11H,6-9,13H2,1-5H3. The molecule has 1 heterocycles. The molecule has 3 nitrogen and oxygen atoms in total. The molecule has 0 aromatic rings. The van der Waals surface area contributed by atoms with Gasteiger partial charge in [-0.1, -0.05) is 13.8 Å². The molecule has 1 saturated heterocycles. The summed E-state index contributed by atoms with van der Waals surface area (Å²) < 4.78 is 0. The Bertz CT molecular complexity index is 201. The minimum Gasteiger partial charge on any atom is -0.326 e. The van der Waals surface area contributed by atoms with Gasteiger partial charge in [-0.05, 0) is 26.8 Å². The Morgan fingerprint density at radius 2 is 1.87 bits per heavy atom. The topological polar surface area (TPSA) is 32.5 Å². The van der Waals surface area contributed by atoms with E-state index in [-0.39, 0.29) is 5.54 Å². The third kappa shape index (κ3) is 3.44. The summed E-state index contributed by atoms with van der Waals surface area (Å²) in [4.78, 5) is 4.94. The van der Waals surface area contributed by atoms with E-state index in [1.165, 1.54) is 0 Å². The number of nitrogens with two attached hydrogens (primary N) is 1. The van der Waals surface area contributed by atoms with Crippen molar-refractivity contribution < 1.29 is 0 Å². The summed E-state index contributed by atoms with van der Waals surface area (Å²) in [5.41, 5.74) is 6.40. The van der Waals surface area contributed by atoms with Crippen LogP contribution >= 0.6 is 0 Å². The van der Waals surface area contributed by atoms with E-state index in [4.69, 9.17) is 5.73 Å². The fourth-order valence-corrected chi connectivity index (χ4v) is 2.01. The Labute approximate surface area is 94.6 Å². The molecule has 1 aliphatic rings.